The molecule has 4 aromatic carbocycles. The first-order chi connectivity index (χ1) is 19.3. The molecule has 8 nitrogen and oxygen atoms in total. The monoisotopic (exact) mass is 553 g/mol. The van der Waals surface area contributed by atoms with Crippen molar-refractivity contribution in [2.45, 2.75) is 16.7 Å². The van der Waals surface area contributed by atoms with E-state index in [0.717, 1.165) is 39.4 Å². The summed E-state index contributed by atoms with van der Waals surface area (Å²) in [6, 6.07) is 27.6. The summed E-state index contributed by atoms with van der Waals surface area (Å²) < 4.78 is 36.6. The van der Waals surface area contributed by atoms with Gasteiger partial charge in [-0.05, 0) is 104 Å². The van der Waals surface area contributed by atoms with Crippen LogP contribution in [0.5, 0.6) is 5.75 Å². The number of methoxy groups -OCH3 is 2. The highest BCUT2D eigenvalue weighted by Crippen LogP contribution is 2.31. The minimum Gasteiger partial charge on any atom is -0.497 e. The van der Waals surface area contributed by atoms with E-state index in [2.05, 4.69) is 15.6 Å². The normalized spacial score (nSPS) is 11.2. The van der Waals surface area contributed by atoms with Gasteiger partial charge in [-0.1, -0.05) is 0 Å². The molecule has 5 rings (SSSR count). The maximum atomic E-state index is 13.3. The van der Waals surface area contributed by atoms with E-state index < -0.39 is 15.8 Å². The van der Waals surface area contributed by atoms with Crippen molar-refractivity contribution in [3.05, 3.63) is 108 Å². The van der Waals surface area contributed by atoms with E-state index >= 15 is 0 Å². The quantitative estimate of drug-likeness (QED) is 0.206. The molecular formula is C31H27N3O5S. The van der Waals surface area contributed by atoms with Crippen LogP contribution in [0.1, 0.15) is 16.1 Å². The first-order valence-electron chi connectivity index (χ1n) is 12.4. The number of anilines is 4. The molecule has 0 radical (unpaired) electrons. The second-order valence-corrected chi connectivity index (χ2v) is 11.0. The van der Waals surface area contributed by atoms with Crippen LogP contribution in [-0.2, 0) is 14.6 Å². The van der Waals surface area contributed by atoms with Gasteiger partial charge in [0.25, 0.3) is 0 Å². The third-order valence-electron chi connectivity index (χ3n) is 6.35. The average Bonchev–Trinajstić information content (AvgIpc) is 2.97. The van der Waals surface area contributed by atoms with Gasteiger partial charge < -0.3 is 20.1 Å². The summed E-state index contributed by atoms with van der Waals surface area (Å²) in [5, 5.41) is 7.47. The summed E-state index contributed by atoms with van der Waals surface area (Å²) in [6.45, 7) is 1.92. The van der Waals surface area contributed by atoms with Gasteiger partial charge in [0.2, 0.25) is 9.84 Å². The molecule has 0 atom stereocenters. The molecule has 0 amide bonds. The number of ether oxygens (including phenoxy) is 2. The first kappa shape index (κ1) is 26.7. The molecule has 2 N–H and O–H groups in total. The molecule has 0 saturated heterocycles. The number of benzene rings is 4. The van der Waals surface area contributed by atoms with E-state index in [1.165, 1.54) is 7.11 Å². The van der Waals surface area contributed by atoms with Gasteiger partial charge in [0.15, 0.2) is 0 Å². The molecule has 0 aliphatic rings. The fraction of sp³-hybridized carbons (Fsp3) is 0.0968. The Balaban J connectivity index is 1.32. The highest BCUT2D eigenvalue weighted by molar-refractivity contribution is 7.91. The smallest absolute Gasteiger partial charge is 0.337 e. The van der Waals surface area contributed by atoms with Crippen molar-refractivity contribution in [3.8, 4) is 5.75 Å². The average molecular weight is 554 g/mol. The van der Waals surface area contributed by atoms with Crippen LogP contribution in [0.15, 0.2) is 107 Å². The molecule has 0 aliphatic heterocycles. The molecule has 0 bridgehead atoms. The third-order valence-corrected chi connectivity index (χ3v) is 8.13. The molecule has 202 valence electrons. The van der Waals surface area contributed by atoms with Crippen molar-refractivity contribution >= 4 is 49.5 Å². The zero-order valence-electron chi connectivity index (χ0n) is 22.1. The maximum Gasteiger partial charge on any atom is 0.337 e. The third kappa shape index (κ3) is 5.60. The Hall–Kier alpha value is -4.89. The van der Waals surface area contributed by atoms with Gasteiger partial charge in [-0.15, -0.1) is 0 Å². The lowest BCUT2D eigenvalue weighted by molar-refractivity contribution is 0.0600. The lowest BCUT2D eigenvalue weighted by Gasteiger charge is -2.13. The van der Waals surface area contributed by atoms with Gasteiger partial charge in [0, 0.05) is 33.8 Å². The van der Waals surface area contributed by atoms with Crippen LogP contribution < -0.4 is 15.4 Å². The summed E-state index contributed by atoms with van der Waals surface area (Å²) >= 11 is 0. The number of carbonyl (C=O) groups excluding carboxylic acids is 1. The van der Waals surface area contributed by atoms with Crippen LogP contribution in [0.25, 0.3) is 10.9 Å². The van der Waals surface area contributed by atoms with Crippen molar-refractivity contribution in [1.29, 1.82) is 0 Å². The Morgan fingerprint density at radius 1 is 0.725 bits per heavy atom. The van der Waals surface area contributed by atoms with Crippen molar-refractivity contribution in [2.75, 3.05) is 24.9 Å². The number of pyridine rings is 1. The molecule has 0 unspecified atom stereocenters. The largest absolute Gasteiger partial charge is 0.497 e. The zero-order valence-corrected chi connectivity index (χ0v) is 23.0. The number of nitrogens with zero attached hydrogens (tertiary/aromatic N) is 1. The highest BCUT2D eigenvalue weighted by Gasteiger charge is 2.18. The van der Waals surface area contributed by atoms with Crippen LogP contribution in [0, 0.1) is 6.92 Å². The number of sulfone groups is 1. The molecule has 9 heteroatoms. The summed E-state index contributed by atoms with van der Waals surface area (Å²) in [7, 11) is -0.772. The van der Waals surface area contributed by atoms with Gasteiger partial charge in [-0.2, -0.15) is 0 Å². The van der Waals surface area contributed by atoms with Crippen molar-refractivity contribution < 1.29 is 22.7 Å². The topological polar surface area (TPSA) is 107 Å². The highest BCUT2D eigenvalue weighted by atomic mass is 32.2. The van der Waals surface area contributed by atoms with Gasteiger partial charge in [0.1, 0.15) is 5.75 Å². The van der Waals surface area contributed by atoms with E-state index in [0.29, 0.717) is 11.3 Å². The van der Waals surface area contributed by atoms with E-state index in [1.54, 1.807) is 79.9 Å². The fourth-order valence-electron chi connectivity index (χ4n) is 4.27. The van der Waals surface area contributed by atoms with Gasteiger partial charge in [-0.25, -0.2) is 13.2 Å². The second kappa shape index (κ2) is 11.1. The van der Waals surface area contributed by atoms with E-state index in [1.807, 2.05) is 31.2 Å². The molecule has 5 aromatic rings. The summed E-state index contributed by atoms with van der Waals surface area (Å²) in [6.07, 6.45) is 0. The number of rotatable bonds is 8. The number of aromatic nitrogens is 1. The van der Waals surface area contributed by atoms with Crippen molar-refractivity contribution in [3.63, 3.8) is 0 Å². The summed E-state index contributed by atoms with van der Waals surface area (Å²) in [4.78, 5) is 16.6. The zero-order chi connectivity index (χ0) is 28.3. The first-order valence-corrected chi connectivity index (χ1v) is 13.9. The van der Waals surface area contributed by atoms with Gasteiger partial charge >= 0.3 is 5.97 Å². The van der Waals surface area contributed by atoms with Crippen molar-refractivity contribution in [1.82, 2.24) is 4.98 Å². The predicted octanol–water partition coefficient (Wildman–Crippen LogP) is 6.66. The van der Waals surface area contributed by atoms with Crippen LogP contribution in [0.3, 0.4) is 0 Å². The Kier molecular flexibility index (Phi) is 7.39. The van der Waals surface area contributed by atoms with E-state index in [-0.39, 0.29) is 9.79 Å². The Labute approximate surface area is 232 Å². The predicted molar refractivity (Wildman–Crippen MR) is 156 cm³/mol. The number of fused-ring (bicyclic) bond motifs is 1. The summed E-state index contributed by atoms with van der Waals surface area (Å²) in [5.41, 5.74) is 5.18. The molecule has 0 aliphatic carbocycles. The maximum absolute atomic E-state index is 13.3. The molecule has 0 spiro atoms. The SMILES string of the molecule is COC(=O)c1ccc(Nc2ccc(S(=O)(=O)c3ccc(Nc4cc(C)nc5ccc(OC)cc45)cc3)cc2)cc1. The molecular weight excluding hydrogens is 526 g/mol. The number of aryl methyl sites for hydroxylation is 1. The Morgan fingerprint density at radius 2 is 1.27 bits per heavy atom. The Bertz CT molecular complexity index is 1790. The molecule has 1 heterocycles. The standard InChI is InChI=1S/C31H27N3O5S/c1-20-18-30(28-19-25(38-2)12-17-29(28)32-20)34-24-10-15-27(16-11-24)40(36,37)26-13-8-23(9-14-26)33-22-6-4-21(5-7-22)31(35)39-3/h4-19,33H,1-3H3,(H,32,34). The fourth-order valence-corrected chi connectivity index (χ4v) is 5.53. The van der Waals surface area contributed by atoms with Crippen LogP contribution >= 0.6 is 0 Å². The summed E-state index contributed by atoms with van der Waals surface area (Å²) in [5.74, 6) is 0.312. The molecule has 0 fully saturated rings. The Morgan fingerprint density at radius 3 is 1.82 bits per heavy atom. The minimum absolute atomic E-state index is 0.183. The van der Waals surface area contributed by atoms with Gasteiger partial charge in [0.05, 0.1) is 35.1 Å². The molecule has 40 heavy (non-hydrogen) atoms. The van der Waals surface area contributed by atoms with Gasteiger partial charge in [-0.3, -0.25) is 4.98 Å². The van der Waals surface area contributed by atoms with E-state index in [9.17, 15) is 13.2 Å². The van der Waals surface area contributed by atoms with Crippen molar-refractivity contribution in [2.24, 2.45) is 0 Å². The number of carbonyl (C=O) groups is 1. The molecule has 1 aromatic heterocycles. The second-order valence-electron chi connectivity index (χ2n) is 9.07. The van der Waals surface area contributed by atoms with Crippen LogP contribution in [0.2, 0.25) is 0 Å². The van der Waals surface area contributed by atoms with E-state index in [4.69, 9.17) is 9.47 Å². The lowest BCUT2D eigenvalue weighted by atomic mass is 10.1. The number of hydrogen-bond donors (Lipinski definition) is 2. The van der Waals surface area contributed by atoms with Crippen LogP contribution in [-0.4, -0.2) is 33.6 Å². The molecule has 0 saturated carbocycles. The number of esters is 1. The number of hydrogen-bond acceptors (Lipinski definition) is 8. The minimum atomic E-state index is -3.72. The number of nitrogens with one attached hydrogen (secondary N) is 2. The lowest BCUT2D eigenvalue weighted by Crippen LogP contribution is -2.03. The van der Waals surface area contributed by atoms with Crippen LogP contribution in [0.4, 0.5) is 22.7 Å².